The van der Waals surface area contributed by atoms with E-state index >= 15 is 0 Å². The largest absolute Gasteiger partial charge is 0.508 e. The lowest BCUT2D eigenvalue weighted by atomic mass is 10.2. The third-order valence-corrected chi connectivity index (χ3v) is 4.91. The van der Waals surface area contributed by atoms with Crippen LogP contribution in [0.1, 0.15) is 11.1 Å². The number of phenols is 1. The van der Waals surface area contributed by atoms with Crippen molar-refractivity contribution >= 4 is 34.2 Å². The van der Waals surface area contributed by atoms with Gasteiger partial charge in [-0.2, -0.15) is 0 Å². The van der Waals surface area contributed by atoms with Crippen LogP contribution in [0.2, 0.25) is 0 Å². The highest BCUT2D eigenvalue weighted by atomic mass is 32.2. The number of phenolic OH excluding ortho intramolecular Hbond substituents is 1. The minimum Gasteiger partial charge on any atom is -0.508 e. The Morgan fingerprint density at radius 3 is 2.50 bits per heavy atom. The van der Waals surface area contributed by atoms with Crippen LogP contribution in [0.15, 0.2) is 65.7 Å². The highest BCUT2D eigenvalue weighted by Gasteiger charge is 2.31. The van der Waals surface area contributed by atoms with Gasteiger partial charge >= 0.3 is 0 Å². The molecule has 4 nitrogen and oxygen atoms in total. The number of carbonyl (C=O) groups excluding carboxylic acids is 1. The van der Waals surface area contributed by atoms with Gasteiger partial charge in [-0.25, -0.2) is 0 Å². The monoisotopic (exact) mass is 356 g/mol. The van der Waals surface area contributed by atoms with E-state index in [2.05, 4.69) is 5.32 Å². The normalized spacial score (nSPS) is 16.0. The van der Waals surface area contributed by atoms with Crippen molar-refractivity contribution in [3.8, 4) is 5.75 Å². The number of hydrogen-bond donors (Lipinski definition) is 2. The van der Waals surface area contributed by atoms with Crippen LogP contribution >= 0.6 is 24.0 Å². The van der Waals surface area contributed by atoms with Crippen LogP contribution < -0.4 is 5.32 Å². The molecule has 24 heavy (non-hydrogen) atoms. The molecular formula is C18H16N2O2S2. The molecule has 0 radical (unpaired) electrons. The summed E-state index contributed by atoms with van der Waals surface area (Å²) in [5.74, 6) is 0.160. The van der Waals surface area contributed by atoms with Gasteiger partial charge in [0.2, 0.25) is 0 Å². The second-order valence-electron chi connectivity index (χ2n) is 5.30. The molecule has 3 rings (SSSR count). The first-order chi connectivity index (χ1) is 11.6. The molecule has 2 aromatic carbocycles. The van der Waals surface area contributed by atoms with Crippen molar-refractivity contribution in [3.63, 3.8) is 0 Å². The van der Waals surface area contributed by atoms with Gasteiger partial charge in [0.1, 0.15) is 10.1 Å². The minimum absolute atomic E-state index is 0.0768. The molecule has 0 unspecified atom stereocenters. The molecule has 1 aliphatic rings. The van der Waals surface area contributed by atoms with E-state index in [-0.39, 0.29) is 11.7 Å². The Hall–Kier alpha value is -2.31. The molecule has 2 aromatic rings. The van der Waals surface area contributed by atoms with Gasteiger partial charge in [0.15, 0.2) is 0 Å². The first-order valence-corrected chi connectivity index (χ1v) is 8.65. The quantitative estimate of drug-likeness (QED) is 0.635. The van der Waals surface area contributed by atoms with Crippen LogP contribution in [0.25, 0.3) is 0 Å². The Kier molecular flexibility index (Phi) is 5.17. The van der Waals surface area contributed by atoms with Crippen molar-refractivity contribution in [2.24, 2.45) is 0 Å². The number of nitrogens with zero attached hydrogens (tertiary/aromatic N) is 1. The molecular weight excluding hydrogens is 340 g/mol. The van der Waals surface area contributed by atoms with Crippen molar-refractivity contribution in [2.75, 3.05) is 0 Å². The third-order valence-electron chi connectivity index (χ3n) is 3.53. The van der Waals surface area contributed by atoms with Crippen LogP contribution in [0.5, 0.6) is 5.75 Å². The van der Waals surface area contributed by atoms with Crippen molar-refractivity contribution in [2.45, 2.75) is 13.1 Å². The van der Waals surface area contributed by atoms with Gasteiger partial charge in [0, 0.05) is 12.7 Å². The lowest BCUT2D eigenvalue weighted by Gasteiger charge is -2.14. The maximum absolute atomic E-state index is 12.5. The van der Waals surface area contributed by atoms with Gasteiger partial charge in [-0.05, 0) is 23.3 Å². The Morgan fingerprint density at radius 2 is 1.79 bits per heavy atom. The van der Waals surface area contributed by atoms with E-state index < -0.39 is 0 Å². The second kappa shape index (κ2) is 7.51. The van der Waals surface area contributed by atoms with E-state index in [1.807, 2.05) is 42.5 Å². The van der Waals surface area contributed by atoms with E-state index in [1.54, 1.807) is 23.2 Å². The average molecular weight is 356 g/mol. The van der Waals surface area contributed by atoms with Crippen molar-refractivity contribution in [1.82, 2.24) is 10.2 Å². The SMILES string of the molecule is O=C1/C(=C/NCc2ccc(O)cc2)SC(=S)N1Cc1ccccc1. The van der Waals surface area contributed by atoms with E-state index in [9.17, 15) is 9.90 Å². The van der Waals surface area contributed by atoms with Gasteiger partial charge in [0.05, 0.1) is 11.4 Å². The maximum atomic E-state index is 12.5. The molecule has 1 saturated heterocycles. The Balaban J connectivity index is 1.61. The average Bonchev–Trinajstić information content (AvgIpc) is 2.85. The predicted molar refractivity (Wildman–Crippen MR) is 100 cm³/mol. The smallest absolute Gasteiger partial charge is 0.267 e. The summed E-state index contributed by atoms with van der Waals surface area (Å²) < 4.78 is 0.571. The van der Waals surface area contributed by atoms with Crippen LogP contribution in [0.4, 0.5) is 0 Å². The first-order valence-electron chi connectivity index (χ1n) is 7.42. The molecule has 1 heterocycles. The Bertz CT molecular complexity index is 773. The van der Waals surface area contributed by atoms with Gasteiger partial charge in [0.25, 0.3) is 5.91 Å². The van der Waals surface area contributed by atoms with E-state index in [4.69, 9.17) is 12.2 Å². The lowest BCUT2D eigenvalue weighted by molar-refractivity contribution is -0.122. The fraction of sp³-hybridized carbons (Fsp3) is 0.111. The van der Waals surface area contributed by atoms with Crippen LogP contribution in [0, 0.1) is 0 Å². The molecule has 0 bridgehead atoms. The molecule has 1 amide bonds. The molecule has 0 spiro atoms. The number of rotatable bonds is 5. The summed E-state index contributed by atoms with van der Waals surface area (Å²) in [4.78, 5) is 14.7. The fourth-order valence-corrected chi connectivity index (χ4v) is 3.48. The standard InChI is InChI=1S/C18H16N2O2S2/c21-15-8-6-13(7-9-15)10-19-11-16-17(22)20(18(23)24-16)12-14-4-2-1-3-5-14/h1-9,11,19,21H,10,12H2/b16-11-. The van der Waals surface area contributed by atoms with Crippen LogP contribution in [-0.4, -0.2) is 20.2 Å². The summed E-state index contributed by atoms with van der Waals surface area (Å²) in [5, 5.41) is 12.4. The van der Waals surface area contributed by atoms with Gasteiger partial charge < -0.3 is 10.4 Å². The van der Waals surface area contributed by atoms with Crippen molar-refractivity contribution in [3.05, 3.63) is 76.8 Å². The molecule has 0 aliphatic carbocycles. The summed E-state index contributed by atoms with van der Waals surface area (Å²) >= 11 is 6.63. The van der Waals surface area contributed by atoms with Gasteiger partial charge in [-0.3, -0.25) is 9.69 Å². The fourth-order valence-electron chi connectivity index (χ4n) is 2.28. The summed E-state index contributed by atoms with van der Waals surface area (Å²) in [6.45, 7) is 1.06. The summed E-state index contributed by atoms with van der Waals surface area (Å²) in [6.07, 6.45) is 1.71. The van der Waals surface area contributed by atoms with Crippen molar-refractivity contribution in [1.29, 1.82) is 0 Å². The number of thiocarbonyl (C=S) groups is 1. The summed E-state index contributed by atoms with van der Waals surface area (Å²) in [5.41, 5.74) is 2.07. The number of thioether (sulfide) groups is 1. The van der Waals surface area contributed by atoms with Crippen molar-refractivity contribution < 1.29 is 9.90 Å². The Labute approximate surface area is 150 Å². The molecule has 1 aliphatic heterocycles. The third kappa shape index (κ3) is 3.96. The highest BCUT2D eigenvalue weighted by Crippen LogP contribution is 2.31. The van der Waals surface area contributed by atoms with Gasteiger partial charge in [-0.1, -0.05) is 66.4 Å². The number of benzene rings is 2. The highest BCUT2D eigenvalue weighted by molar-refractivity contribution is 8.26. The summed E-state index contributed by atoms with van der Waals surface area (Å²) in [7, 11) is 0. The second-order valence-corrected chi connectivity index (χ2v) is 6.98. The number of nitrogens with one attached hydrogen (secondary N) is 1. The number of hydrogen-bond acceptors (Lipinski definition) is 5. The molecule has 0 aromatic heterocycles. The Morgan fingerprint density at radius 1 is 1.08 bits per heavy atom. The minimum atomic E-state index is -0.0768. The molecule has 1 fully saturated rings. The number of aromatic hydroxyl groups is 1. The summed E-state index contributed by atoms with van der Waals surface area (Å²) in [6, 6.07) is 16.7. The van der Waals surface area contributed by atoms with Crippen LogP contribution in [0.3, 0.4) is 0 Å². The van der Waals surface area contributed by atoms with Gasteiger partial charge in [-0.15, -0.1) is 0 Å². The molecule has 6 heteroatoms. The molecule has 122 valence electrons. The lowest BCUT2D eigenvalue weighted by Crippen LogP contribution is -2.27. The van der Waals surface area contributed by atoms with E-state index in [1.165, 1.54) is 11.8 Å². The molecule has 0 atom stereocenters. The number of amides is 1. The zero-order chi connectivity index (χ0) is 16.9. The van der Waals surface area contributed by atoms with E-state index in [0.29, 0.717) is 22.3 Å². The molecule has 2 N–H and O–H groups in total. The predicted octanol–water partition coefficient (Wildman–Crippen LogP) is 3.38. The van der Waals surface area contributed by atoms with E-state index in [0.717, 1.165) is 11.1 Å². The topological polar surface area (TPSA) is 52.6 Å². The first kappa shape index (κ1) is 16.5. The number of carbonyl (C=O) groups is 1. The zero-order valence-electron chi connectivity index (χ0n) is 12.8. The molecule has 0 saturated carbocycles. The zero-order valence-corrected chi connectivity index (χ0v) is 14.4. The van der Waals surface area contributed by atoms with Crippen LogP contribution in [-0.2, 0) is 17.9 Å². The maximum Gasteiger partial charge on any atom is 0.267 e.